The molecule has 0 spiro atoms. The monoisotopic (exact) mass is 260 g/mol. The predicted molar refractivity (Wildman–Crippen MR) is 70.3 cm³/mol. The van der Waals surface area contributed by atoms with Gasteiger partial charge in [-0.2, -0.15) is 0 Å². The van der Waals surface area contributed by atoms with Gasteiger partial charge in [0.1, 0.15) is 0 Å². The largest absolute Gasteiger partial charge is 0.481 e. The number of carbonyl (C=O) groups excluding carboxylic acids is 1. The first-order valence-electron chi connectivity index (χ1n) is 6.27. The van der Waals surface area contributed by atoms with Crippen LogP contribution in [-0.2, 0) is 9.59 Å². The first-order valence-corrected chi connectivity index (χ1v) is 6.27. The summed E-state index contributed by atoms with van der Waals surface area (Å²) in [6.45, 7) is 0.274. The van der Waals surface area contributed by atoms with Crippen molar-refractivity contribution < 1.29 is 14.7 Å². The van der Waals surface area contributed by atoms with Gasteiger partial charge in [-0.15, -0.1) is 0 Å². The SMILES string of the molecule is O=C(O)CCN(C(=O)/C=C/c1cccnc1)C1CC1. The molecule has 1 heterocycles. The van der Waals surface area contributed by atoms with Crippen LogP contribution in [0, 0.1) is 0 Å². The molecule has 2 rings (SSSR count). The maximum Gasteiger partial charge on any atom is 0.305 e. The van der Waals surface area contributed by atoms with E-state index in [-0.39, 0.29) is 24.9 Å². The zero-order chi connectivity index (χ0) is 13.7. The van der Waals surface area contributed by atoms with Crippen molar-refractivity contribution in [2.24, 2.45) is 0 Å². The van der Waals surface area contributed by atoms with E-state index in [9.17, 15) is 9.59 Å². The van der Waals surface area contributed by atoms with Gasteiger partial charge in [0.25, 0.3) is 0 Å². The first kappa shape index (κ1) is 13.3. The van der Waals surface area contributed by atoms with Crippen LogP contribution in [0.3, 0.4) is 0 Å². The summed E-state index contributed by atoms with van der Waals surface area (Å²) in [5.74, 6) is -1.01. The molecule has 0 radical (unpaired) electrons. The van der Waals surface area contributed by atoms with Gasteiger partial charge < -0.3 is 10.0 Å². The second-order valence-corrected chi connectivity index (χ2v) is 4.53. The first-order chi connectivity index (χ1) is 9.16. The minimum atomic E-state index is -0.880. The third-order valence-electron chi connectivity index (χ3n) is 2.94. The van der Waals surface area contributed by atoms with Gasteiger partial charge in [-0.25, -0.2) is 0 Å². The fourth-order valence-electron chi connectivity index (χ4n) is 1.81. The smallest absolute Gasteiger partial charge is 0.305 e. The third kappa shape index (κ3) is 4.21. The van der Waals surface area contributed by atoms with Crippen molar-refractivity contribution in [2.75, 3.05) is 6.54 Å². The quantitative estimate of drug-likeness (QED) is 0.788. The minimum Gasteiger partial charge on any atom is -0.481 e. The Morgan fingerprint density at radius 1 is 1.47 bits per heavy atom. The number of carbonyl (C=O) groups is 2. The van der Waals surface area contributed by atoms with Gasteiger partial charge in [-0.1, -0.05) is 6.07 Å². The highest BCUT2D eigenvalue weighted by atomic mass is 16.4. The molecule has 1 amide bonds. The molecular formula is C14H16N2O3. The molecule has 1 aromatic rings. The molecule has 1 saturated carbocycles. The fraction of sp³-hybridized carbons (Fsp3) is 0.357. The Hall–Kier alpha value is -2.17. The molecule has 0 unspecified atom stereocenters. The molecule has 0 atom stereocenters. The highest BCUT2D eigenvalue weighted by molar-refractivity contribution is 5.92. The van der Waals surface area contributed by atoms with Gasteiger partial charge in [0.15, 0.2) is 0 Å². The summed E-state index contributed by atoms with van der Waals surface area (Å²) in [4.78, 5) is 28.2. The number of hydrogen-bond donors (Lipinski definition) is 1. The zero-order valence-electron chi connectivity index (χ0n) is 10.5. The second-order valence-electron chi connectivity index (χ2n) is 4.53. The van der Waals surface area contributed by atoms with E-state index in [0.29, 0.717) is 0 Å². The summed E-state index contributed by atoms with van der Waals surface area (Å²) in [5, 5.41) is 8.69. The Labute approximate surface area is 111 Å². The number of hydrogen-bond acceptors (Lipinski definition) is 3. The number of carboxylic acid groups (broad SMARTS) is 1. The van der Waals surface area contributed by atoms with Crippen LogP contribution in [0.25, 0.3) is 6.08 Å². The van der Waals surface area contributed by atoms with Crippen LogP contribution in [-0.4, -0.2) is 39.5 Å². The van der Waals surface area contributed by atoms with Gasteiger partial charge in [0.2, 0.25) is 5.91 Å². The molecule has 1 aliphatic carbocycles. The standard InChI is InChI=1S/C14H16N2O3/c17-13(6-3-11-2-1-8-15-10-11)16(12-4-5-12)9-7-14(18)19/h1-3,6,8,10,12H,4-5,7,9H2,(H,18,19)/b6-3+. The van der Waals surface area contributed by atoms with E-state index in [1.165, 1.54) is 6.08 Å². The van der Waals surface area contributed by atoms with Crippen molar-refractivity contribution in [1.29, 1.82) is 0 Å². The number of rotatable bonds is 6. The number of aliphatic carboxylic acids is 1. The van der Waals surface area contributed by atoms with Gasteiger partial charge in [-0.05, 0) is 30.5 Å². The molecule has 5 heteroatoms. The number of amides is 1. The van der Waals surface area contributed by atoms with Gasteiger partial charge in [0, 0.05) is 31.1 Å². The van der Waals surface area contributed by atoms with Crippen LogP contribution >= 0.6 is 0 Å². The molecule has 1 N–H and O–H groups in total. The molecule has 1 fully saturated rings. The van der Waals surface area contributed by atoms with Crippen LogP contribution in [0.15, 0.2) is 30.6 Å². The molecule has 19 heavy (non-hydrogen) atoms. The molecule has 0 aromatic carbocycles. The van der Waals surface area contributed by atoms with E-state index in [2.05, 4.69) is 4.98 Å². The molecule has 1 aliphatic rings. The van der Waals surface area contributed by atoms with Gasteiger partial charge in [-0.3, -0.25) is 14.6 Å². The minimum absolute atomic E-state index is 0.0109. The highest BCUT2D eigenvalue weighted by Crippen LogP contribution is 2.27. The number of nitrogens with zero attached hydrogens (tertiary/aromatic N) is 2. The molecule has 0 saturated heterocycles. The van der Waals surface area contributed by atoms with Crippen LogP contribution in [0.1, 0.15) is 24.8 Å². The molecule has 100 valence electrons. The van der Waals surface area contributed by atoms with E-state index in [1.807, 2.05) is 6.07 Å². The lowest BCUT2D eigenvalue weighted by atomic mass is 10.2. The van der Waals surface area contributed by atoms with Crippen LogP contribution in [0.4, 0.5) is 0 Å². The average molecular weight is 260 g/mol. The lowest BCUT2D eigenvalue weighted by Crippen LogP contribution is -2.33. The van der Waals surface area contributed by atoms with E-state index < -0.39 is 5.97 Å². The molecular weight excluding hydrogens is 244 g/mol. The van der Waals surface area contributed by atoms with Gasteiger partial charge >= 0.3 is 5.97 Å². The summed E-state index contributed by atoms with van der Waals surface area (Å²) in [7, 11) is 0. The van der Waals surface area contributed by atoms with Crippen LogP contribution in [0.5, 0.6) is 0 Å². The van der Waals surface area contributed by atoms with Crippen LogP contribution in [0.2, 0.25) is 0 Å². The number of pyridine rings is 1. The molecule has 0 bridgehead atoms. The Morgan fingerprint density at radius 2 is 2.26 bits per heavy atom. The lowest BCUT2D eigenvalue weighted by molar-refractivity contribution is -0.138. The summed E-state index contributed by atoms with van der Waals surface area (Å²) in [6.07, 6.45) is 8.44. The van der Waals surface area contributed by atoms with Crippen molar-refractivity contribution in [3.63, 3.8) is 0 Å². The summed E-state index contributed by atoms with van der Waals surface area (Å²) >= 11 is 0. The van der Waals surface area contributed by atoms with E-state index >= 15 is 0 Å². The topological polar surface area (TPSA) is 70.5 Å². The molecule has 1 aromatic heterocycles. The Kier molecular flexibility index (Phi) is 4.28. The Balaban J connectivity index is 1.95. The average Bonchev–Trinajstić information content (AvgIpc) is 3.22. The summed E-state index contributed by atoms with van der Waals surface area (Å²) < 4.78 is 0. The second kappa shape index (κ2) is 6.13. The van der Waals surface area contributed by atoms with Crippen molar-refractivity contribution in [1.82, 2.24) is 9.88 Å². The van der Waals surface area contributed by atoms with E-state index in [0.717, 1.165) is 18.4 Å². The van der Waals surface area contributed by atoms with Crippen molar-refractivity contribution in [3.8, 4) is 0 Å². The van der Waals surface area contributed by atoms with Crippen molar-refractivity contribution >= 4 is 18.0 Å². The number of aromatic nitrogens is 1. The fourth-order valence-corrected chi connectivity index (χ4v) is 1.81. The number of carboxylic acids is 1. The highest BCUT2D eigenvalue weighted by Gasteiger charge is 2.31. The molecule has 5 nitrogen and oxygen atoms in total. The van der Waals surface area contributed by atoms with E-state index in [1.54, 1.807) is 29.4 Å². The maximum absolute atomic E-state index is 12.0. The predicted octanol–water partition coefficient (Wildman–Crippen LogP) is 1.56. The van der Waals surface area contributed by atoms with E-state index in [4.69, 9.17) is 5.11 Å². The van der Waals surface area contributed by atoms with Crippen LogP contribution < -0.4 is 0 Å². The van der Waals surface area contributed by atoms with Crippen molar-refractivity contribution in [3.05, 3.63) is 36.2 Å². The maximum atomic E-state index is 12.0. The van der Waals surface area contributed by atoms with Crippen molar-refractivity contribution in [2.45, 2.75) is 25.3 Å². The lowest BCUT2D eigenvalue weighted by Gasteiger charge is -2.19. The zero-order valence-corrected chi connectivity index (χ0v) is 10.5. The summed E-state index contributed by atoms with van der Waals surface area (Å²) in [6, 6.07) is 3.87. The normalized spacial score (nSPS) is 14.5. The molecule has 0 aliphatic heterocycles. The third-order valence-corrected chi connectivity index (χ3v) is 2.94. The Morgan fingerprint density at radius 3 is 2.84 bits per heavy atom. The summed E-state index contributed by atoms with van der Waals surface area (Å²) in [5.41, 5.74) is 0.852. The van der Waals surface area contributed by atoms with Gasteiger partial charge in [0.05, 0.1) is 6.42 Å². The Bertz CT molecular complexity index is 481.